The van der Waals surface area contributed by atoms with Gasteiger partial charge in [-0.1, -0.05) is 18.2 Å². The van der Waals surface area contributed by atoms with Crippen LogP contribution in [0, 0.1) is 0 Å². The molecular formula is C12H10N2O2S. The molecule has 4 nitrogen and oxygen atoms in total. The highest BCUT2D eigenvalue weighted by Crippen LogP contribution is 2.14. The molecule has 17 heavy (non-hydrogen) atoms. The van der Waals surface area contributed by atoms with Crippen molar-refractivity contribution in [3.63, 3.8) is 0 Å². The van der Waals surface area contributed by atoms with Crippen molar-refractivity contribution >= 4 is 29.3 Å². The Balaban J connectivity index is 2.22. The molecule has 0 aliphatic rings. The lowest BCUT2D eigenvalue weighted by Gasteiger charge is -2.12. The topological polar surface area (TPSA) is 52.9 Å². The lowest BCUT2D eigenvalue weighted by atomic mass is 10.3. The highest BCUT2D eigenvalue weighted by Gasteiger charge is 2.11. The number of benzene rings is 1. The summed E-state index contributed by atoms with van der Waals surface area (Å²) in [6, 6.07) is 10.6. The predicted molar refractivity (Wildman–Crippen MR) is 68.9 cm³/mol. The van der Waals surface area contributed by atoms with Crippen molar-refractivity contribution in [1.29, 1.82) is 0 Å². The smallest absolute Gasteiger partial charge is 0.432 e. The van der Waals surface area contributed by atoms with Crippen LogP contribution in [0.2, 0.25) is 0 Å². The highest BCUT2D eigenvalue weighted by atomic mass is 32.1. The molecule has 0 fully saturated rings. The van der Waals surface area contributed by atoms with Gasteiger partial charge in [-0.05, 0) is 29.0 Å². The monoisotopic (exact) mass is 246 g/mol. The molecule has 1 N–H and O–H groups in total. The second-order valence-corrected chi connectivity index (χ2v) is 4.01. The first-order chi connectivity index (χ1) is 8.27. The molecule has 1 aromatic heterocycles. The van der Waals surface area contributed by atoms with Crippen LogP contribution < -0.4 is 5.01 Å². The second kappa shape index (κ2) is 5.27. The lowest BCUT2D eigenvalue weighted by molar-refractivity contribution is 0.202. The summed E-state index contributed by atoms with van der Waals surface area (Å²) in [5.74, 6) is 0. The van der Waals surface area contributed by atoms with E-state index in [9.17, 15) is 4.79 Å². The van der Waals surface area contributed by atoms with Gasteiger partial charge in [0.2, 0.25) is 0 Å². The normalized spacial score (nSPS) is 10.6. The van der Waals surface area contributed by atoms with E-state index in [0.717, 1.165) is 10.6 Å². The van der Waals surface area contributed by atoms with E-state index in [0.29, 0.717) is 5.69 Å². The Morgan fingerprint density at radius 2 is 2.06 bits per heavy atom. The number of para-hydroxylation sites is 1. The Kier molecular flexibility index (Phi) is 3.52. The van der Waals surface area contributed by atoms with Crippen LogP contribution in [0.4, 0.5) is 10.5 Å². The number of anilines is 1. The van der Waals surface area contributed by atoms with Crippen molar-refractivity contribution in [3.05, 3.63) is 52.7 Å². The number of hydrogen-bond acceptors (Lipinski definition) is 3. The molecule has 0 unspecified atom stereocenters. The third-order valence-corrected chi connectivity index (χ3v) is 2.75. The molecule has 0 aliphatic carbocycles. The molecular weight excluding hydrogens is 236 g/mol. The molecule has 0 atom stereocenters. The van der Waals surface area contributed by atoms with Gasteiger partial charge >= 0.3 is 6.09 Å². The van der Waals surface area contributed by atoms with Gasteiger partial charge in [0, 0.05) is 5.56 Å². The number of thiophene rings is 1. The number of hydrogen-bond donors (Lipinski definition) is 1. The van der Waals surface area contributed by atoms with Gasteiger partial charge in [-0.15, -0.1) is 0 Å². The summed E-state index contributed by atoms with van der Waals surface area (Å²) in [4.78, 5) is 11.1. The zero-order chi connectivity index (χ0) is 12.1. The molecule has 0 saturated carbocycles. The van der Waals surface area contributed by atoms with Crippen molar-refractivity contribution in [1.82, 2.24) is 0 Å². The van der Waals surface area contributed by atoms with Gasteiger partial charge in [0.15, 0.2) is 0 Å². The van der Waals surface area contributed by atoms with Gasteiger partial charge in [0.1, 0.15) is 0 Å². The van der Waals surface area contributed by atoms with Crippen molar-refractivity contribution in [2.45, 2.75) is 0 Å². The fourth-order valence-corrected chi connectivity index (χ4v) is 1.88. The van der Waals surface area contributed by atoms with Crippen LogP contribution in [-0.4, -0.2) is 17.4 Å². The van der Waals surface area contributed by atoms with Crippen LogP contribution in [0.1, 0.15) is 5.56 Å². The third-order valence-electron chi connectivity index (χ3n) is 2.05. The molecule has 0 radical (unpaired) electrons. The van der Waals surface area contributed by atoms with Gasteiger partial charge in [-0.2, -0.15) is 21.4 Å². The quantitative estimate of drug-likeness (QED) is 0.667. The van der Waals surface area contributed by atoms with E-state index in [1.165, 1.54) is 17.6 Å². The van der Waals surface area contributed by atoms with E-state index in [-0.39, 0.29) is 0 Å². The first kappa shape index (κ1) is 11.3. The minimum atomic E-state index is -1.11. The summed E-state index contributed by atoms with van der Waals surface area (Å²) < 4.78 is 0. The van der Waals surface area contributed by atoms with Gasteiger partial charge < -0.3 is 5.11 Å². The molecule has 0 spiro atoms. The summed E-state index contributed by atoms with van der Waals surface area (Å²) in [6.07, 6.45) is 0.417. The fraction of sp³-hybridized carbons (Fsp3) is 0. The Labute approximate surface area is 102 Å². The minimum Gasteiger partial charge on any atom is -0.463 e. The van der Waals surface area contributed by atoms with Crippen molar-refractivity contribution in [2.75, 3.05) is 5.01 Å². The van der Waals surface area contributed by atoms with E-state index in [1.54, 1.807) is 24.3 Å². The third kappa shape index (κ3) is 2.92. The Bertz CT molecular complexity index is 509. The molecule has 86 valence electrons. The Morgan fingerprint density at radius 3 is 2.65 bits per heavy atom. The maximum absolute atomic E-state index is 11.1. The standard InChI is InChI=1S/C12H10N2O2S/c15-12(16)14(11-4-2-1-3-5-11)13-8-10-6-7-17-9-10/h1-9H,(H,15,16)/b13-8-. The maximum atomic E-state index is 11.1. The maximum Gasteiger partial charge on any atom is 0.432 e. The van der Waals surface area contributed by atoms with Crippen LogP contribution >= 0.6 is 11.3 Å². The molecule has 1 aromatic carbocycles. The largest absolute Gasteiger partial charge is 0.463 e. The zero-order valence-electron chi connectivity index (χ0n) is 8.85. The highest BCUT2D eigenvalue weighted by molar-refractivity contribution is 7.08. The van der Waals surface area contributed by atoms with E-state index in [4.69, 9.17) is 5.11 Å². The summed E-state index contributed by atoms with van der Waals surface area (Å²) >= 11 is 1.54. The SMILES string of the molecule is O=C(O)N(/N=C\c1ccsc1)c1ccccc1. The molecule has 5 heteroatoms. The summed E-state index contributed by atoms with van der Waals surface area (Å²) in [5.41, 5.74) is 1.41. The molecule has 0 aliphatic heterocycles. The average molecular weight is 246 g/mol. The molecule has 2 aromatic rings. The van der Waals surface area contributed by atoms with Crippen LogP contribution in [0.25, 0.3) is 0 Å². The minimum absolute atomic E-state index is 0.520. The first-order valence-corrected chi connectivity index (χ1v) is 5.86. The van der Waals surface area contributed by atoms with Crippen molar-refractivity contribution < 1.29 is 9.90 Å². The molecule has 1 heterocycles. The van der Waals surface area contributed by atoms with Gasteiger partial charge in [0.05, 0.1) is 11.9 Å². The van der Waals surface area contributed by atoms with Crippen LogP contribution in [-0.2, 0) is 0 Å². The van der Waals surface area contributed by atoms with Crippen LogP contribution in [0.5, 0.6) is 0 Å². The van der Waals surface area contributed by atoms with Crippen molar-refractivity contribution in [3.8, 4) is 0 Å². The number of rotatable bonds is 3. The number of carbonyl (C=O) groups is 1. The molecule has 0 saturated heterocycles. The van der Waals surface area contributed by atoms with Gasteiger partial charge in [-0.25, -0.2) is 4.79 Å². The van der Waals surface area contributed by atoms with E-state index in [1.807, 2.05) is 22.9 Å². The number of nitrogens with zero attached hydrogens (tertiary/aromatic N) is 2. The number of carboxylic acid groups (broad SMARTS) is 1. The van der Waals surface area contributed by atoms with E-state index < -0.39 is 6.09 Å². The van der Waals surface area contributed by atoms with E-state index in [2.05, 4.69) is 5.10 Å². The number of amides is 1. The van der Waals surface area contributed by atoms with Gasteiger partial charge in [-0.3, -0.25) is 0 Å². The van der Waals surface area contributed by atoms with Gasteiger partial charge in [0.25, 0.3) is 0 Å². The summed E-state index contributed by atoms with van der Waals surface area (Å²) in [5, 5.41) is 17.8. The fourth-order valence-electron chi connectivity index (χ4n) is 1.27. The predicted octanol–water partition coefficient (Wildman–Crippen LogP) is 3.27. The van der Waals surface area contributed by atoms with Crippen LogP contribution in [0.3, 0.4) is 0 Å². The van der Waals surface area contributed by atoms with E-state index >= 15 is 0 Å². The van der Waals surface area contributed by atoms with Crippen molar-refractivity contribution in [2.24, 2.45) is 5.10 Å². The Morgan fingerprint density at radius 1 is 1.29 bits per heavy atom. The average Bonchev–Trinajstić information content (AvgIpc) is 2.83. The molecule has 1 amide bonds. The Hall–Kier alpha value is -2.14. The summed E-state index contributed by atoms with van der Waals surface area (Å²) in [7, 11) is 0. The summed E-state index contributed by atoms with van der Waals surface area (Å²) in [6.45, 7) is 0. The second-order valence-electron chi connectivity index (χ2n) is 3.23. The molecule has 2 rings (SSSR count). The van der Waals surface area contributed by atoms with Crippen LogP contribution in [0.15, 0.2) is 52.3 Å². The molecule has 0 bridgehead atoms. The first-order valence-electron chi connectivity index (χ1n) is 4.91. The zero-order valence-corrected chi connectivity index (χ0v) is 9.67. The lowest BCUT2D eigenvalue weighted by Crippen LogP contribution is -2.23. The number of hydrazone groups is 1.